The van der Waals surface area contributed by atoms with Gasteiger partial charge in [0.15, 0.2) is 5.65 Å². The Bertz CT molecular complexity index is 703. The third-order valence-corrected chi connectivity index (χ3v) is 4.25. The minimum atomic E-state index is 0.584. The van der Waals surface area contributed by atoms with E-state index in [0.717, 1.165) is 42.1 Å². The van der Waals surface area contributed by atoms with Crippen LogP contribution in [0.5, 0.6) is 0 Å². The minimum absolute atomic E-state index is 0.584. The molecule has 0 saturated heterocycles. The molecule has 0 amide bonds. The van der Waals surface area contributed by atoms with Gasteiger partial charge in [-0.2, -0.15) is 11.3 Å². The fraction of sp³-hybridized carbons (Fsp3) is 0.333. The van der Waals surface area contributed by atoms with Gasteiger partial charge in [-0.05, 0) is 47.9 Å². The van der Waals surface area contributed by atoms with Crippen LogP contribution in [0.15, 0.2) is 29.0 Å². The van der Waals surface area contributed by atoms with E-state index < -0.39 is 0 Å². The van der Waals surface area contributed by atoms with Gasteiger partial charge in [0.25, 0.3) is 0 Å². The second kappa shape index (κ2) is 5.94. The molecular weight excluding hydrogens is 290 g/mol. The Labute approximate surface area is 127 Å². The van der Waals surface area contributed by atoms with Crippen molar-refractivity contribution in [1.82, 2.24) is 14.5 Å². The highest BCUT2D eigenvalue weighted by Crippen LogP contribution is 2.17. The fourth-order valence-corrected chi connectivity index (χ4v) is 3.20. The number of hydrogen-bond donors (Lipinski definition) is 0. The van der Waals surface area contributed by atoms with Crippen LogP contribution in [-0.4, -0.2) is 20.4 Å². The number of alkyl halides is 1. The molecule has 0 spiro atoms. The first-order valence-corrected chi connectivity index (χ1v) is 8.15. The first-order valence-electron chi connectivity index (χ1n) is 6.68. The van der Waals surface area contributed by atoms with Crippen LogP contribution in [0, 0.1) is 6.92 Å². The van der Waals surface area contributed by atoms with E-state index in [1.54, 1.807) is 11.3 Å². The van der Waals surface area contributed by atoms with Gasteiger partial charge in [-0.1, -0.05) is 0 Å². The summed E-state index contributed by atoms with van der Waals surface area (Å²) in [5.74, 6) is 1.61. The maximum atomic E-state index is 5.89. The maximum Gasteiger partial charge on any atom is 0.160 e. The van der Waals surface area contributed by atoms with Gasteiger partial charge in [0.05, 0.1) is 0 Å². The lowest BCUT2D eigenvalue weighted by atomic mass is 10.2. The lowest BCUT2D eigenvalue weighted by Crippen LogP contribution is -2.07. The molecule has 0 aliphatic heterocycles. The molecule has 3 heterocycles. The van der Waals surface area contributed by atoms with E-state index in [9.17, 15) is 0 Å². The number of nitrogens with zero attached hydrogens (tertiary/aromatic N) is 3. The Kier molecular flexibility index (Phi) is 4.03. The Morgan fingerprint density at radius 1 is 1.20 bits per heavy atom. The quantitative estimate of drug-likeness (QED) is 0.671. The third kappa shape index (κ3) is 2.72. The molecule has 0 atom stereocenters. The zero-order valence-corrected chi connectivity index (χ0v) is 12.9. The van der Waals surface area contributed by atoms with Crippen LogP contribution in [0.4, 0.5) is 0 Å². The second-order valence-corrected chi connectivity index (χ2v) is 5.95. The predicted octanol–water partition coefficient (Wildman–Crippen LogP) is 3.83. The maximum absolute atomic E-state index is 5.89. The molecule has 0 radical (unpaired) electrons. The van der Waals surface area contributed by atoms with Crippen molar-refractivity contribution in [1.29, 1.82) is 0 Å². The largest absolute Gasteiger partial charge is 0.312 e. The van der Waals surface area contributed by atoms with Crippen molar-refractivity contribution in [3.63, 3.8) is 0 Å². The van der Waals surface area contributed by atoms with Crippen molar-refractivity contribution in [2.45, 2.75) is 26.3 Å². The highest BCUT2D eigenvalue weighted by Gasteiger charge is 2.11. The van der Waals surface area contributed by atoms with Crippen LogP contribution in [0.25, 0.3) is 11.2 Å². The third-order valence-electron chi connectivity index (χ3n) is 3.33. The van der Waals surface area contributed by atoms with Crippen LogP contribution in [0.2, 0.25) is 0 Å². The summed E-state index contributed by atoms with van der Waals surface area (Å²) in [5, 5.41) is 4.31. The van der Waals surface area contributed by atoms with E-state index in [0.29, 0.717) is 5.88 Å². The molecule has 0 bridgehead atoms. The number of aryl methyl sites for hydroxylation is 4. The van der Waals surface area contributed by atoms with E-state index in [2.05, 4.69) is 31.4 Å². The lowest BCUT2D eigenvalue weighted by Gasteiger charge is -2.07. The highest BCUT2D eigenvalue weighted by atomic mass is 35.5. The zero-order valence-electron chi connectivity index (χ0n) is 11.3. The van der Waals surface area contributed by atoms with Gasteiger partial charge in [-0.25, -0.2) is 9.97 Å². The highest BCUT2D eigenvalue weighted by molar-refractivity contribution is 7.07. The fourth-order valence-electron chi connectivity index (χ4n) is 2.33. The van der Waals surface area contributed by atoms with Crippen LogP contribution in [-0.2, 0) is 19.4 Å². The molecule has 0 aliphatic carbocycles. The Morgan fingerprint density at radius 3 is 2.85 bits per heavy atom. The van der Waals surface area contributed by atoms with Crippen molar-refractivity contribution in [2.24, 2.45) is 0 Å². The molecule has 0 aliphatic rings. The minimum Gasteiger partial charge on any atom is -0.312 e. The molecular formula is C15H16ClN3S. The van der Waals surface area contributed by atoms with Crippen LogP contribution in [0.3, 0.4) is 0 Å². The van der Waals surface area contributed by atoms with Crippen LogP contribution < -0.4 is 0 Å². The van der Waals surface area contributed by atoms with Crippen molar-refractivity contribution >= 4 is 34.1 Å². The number of halogens is 1. The van der Waals surface area contributed by atoms with E-state index in [4.69, 9.17) is 11.6 Å². The summed E-state index contributed by atoms with van der Waals surface area (Å²) in [6, 6.07) is 6.21. The second-order valence-electron chi connectivity index (χ2n) is 4.80. The molecule has 20 heavy (non-hydrogen) atoms. The summed E-state index contributed by atoms with van der Waals surface area (Å²) in [6.45, 7) is 2.91. The average Bonchev–Trinajstić information content (AvgIpc) is 3.04. The first kappa shape index (κ1) is 13.6. The summed E-state index contributed by atoms with van der Waals surface area (Å²) in [6.07, 6.45) is 1.78. The SMILES string of the molecule is Cc1ccc2nc(CCCl)n(CCc3ccsc3)c2n1. The standard InChI is InChI=1S/C15H16ClN3S/c1-11-2-3-13-15(17-11)19(14(18-13)4-7-16)8-5-12-6-9-20-10-12/h2-3,6,9-10H,4-5,7-8H2,1H3. The van der Waals surface area contributed by atoms with Crippen LogP contribution >= 0.6 is 22.9 Å². The molecule has 104 valence electrons. The first-order chi connectivity index (χ1) is 9.78. The molecule has 3 rings (SSSR count). The van der Waals surface area contributed by atoms with Gasteiger partial charge in [0, 0.05) is 24.5 Å². The van der Waals surface area contributed by atoms with E-state index >= 15 is 0 Å². The molecule has 3 nitrogen and oxygen atoms in total. The predicted molar refractivity (Wildman–Crippen MR) is 84.7 cm³/mol. The molecule has 5 heteroatoms. The number of pyridine rings is 1. The van der Waals surface area contributed by atoms with Gasteiger partial charge in [-0.15, -0.1) is 11.6 Å². The number of hydrogen-bond acceptors (Lipinski definition) is 3. The number of imidazole rings is 1. The normalized spacial score (nSPS) is 11.3. The van der Waals surface area contributed by atoms with Crippen molar-refractivity contribution in [3.8, 4) is 0 Å². The van der Waals surface area contributed by atoms with E-state index in [1.807, 2.05) is 19.1 Å². The van der Waals surface area contributed by atoms with E-state index in [-0.39, 0.29) is 0 Å². The Morgan fingerprint density at radius 2 is 2.10 bits per heavy atom. The summed E-state index contributed by atoms with van der Waals surface area (Å²) >= 11 is 7.63. The molecule has 0 fully saturated rings. The molecule has 0 unspecified atom stereocenters. The monoisotopic (exact) mass is 305 g/mol. The number of aromatic nitrogens is 3. The van der Waals surface area contributed by atoms with Gasteiger partial charge < -0.3 is 4.57 Å². The molecule has 0 saturated carbocycles. The van der Waals surface area contributed by atoms with Crippen LogP contribution in [0.1, 0.15) is 17.1 Å². The van der Waals surface area contributed by atoms with Crippen molar-refractivity contribution in [3.05, 3.63) is 46.0 Å². The number of thiophene rings is 1. The Hall–Kier alpha value is -1.39. The smallest absolute Gasteiger partial charge is 0.160 e. The Balaban J connectivity index is 1.96. The van der Waals surface area contributed by atoms with Gasteiger partial charge in [-0.3, -0.25) is 0 Å². The van der Waals surface area contributed by atoms with E-state index in [1.165, 1.54) is 5.56 Å². The average molecular weight is 306 g/mol. The zero-order chi connectivity index (χ0) is 13.9. The lowest BCUT2D eigenvalue weighted by molar-refractivity contribution is 0.670. The molecule has 3 aromatic rings. The summed E-state index contributed by atoms with van der Waals surface area (Å²) in [4.78, 5) is 9.30. The topological polar surface area (TPSA) is 30.7 Å². The molecule has 3 aromatic heterocycles. The summed E-state index contributed by atoms with van der Waals surface area (Å²) in [7, 11) is 0. The van der Waals surface area contributed by atoms with Gasteiger partial charge >= 0.3 is 0 Å². The van der Waals surface area contributed by atoms with Crippen molar-refractivity contribution in [2.75, 3.05) is 5.88 Å². The molecule has 0 aromatic carbocycles. The molecule has 0 N–H and O–H groups in total. The van der Waals surface area contributed by atoms with Gasteiger partial charge in [0.2, 0.25) is 0 Å². The summed E-state index contributed by atoms with van der Waals surface area (Å²) in [5.41, 5.74) is 4.31. The number of rotatable bonds is 5. The summed E-state index contributed by atoms with van der Waals surface area (Å²) < 4.78 is 2.21. The van der Waals surface area contributed by atoms with Crippen molar-refractivity contribution < 1.29 is 0 Å². The number of fused-ring (bicyclic) bond motifs is 1. The van der Waals surface area contributed by atoms with Gasteiger partial charge in [0.1, 0.15) is 11.3 Å².